The Morgan fingerprint density at radius 3 is 2.28 bits per heavy atom. The summed E-state index contributed by atoms with van der Waals surface area (Å²) in [5, 5.41) is 5.83. The molecule has 2 aromatic carbocycles. The molecule has 3 rings (SSSR count). The molecule has 1 aromatic heterocycles. The van der Waals surface area contributed by atoms with Gasteiger partial charge in [0.1, 0.15) is 5.69 Å². The predicted molar refractivity (Wildman–Crippen MR) is 116 cm³/mol. The zero-order chi connectivity index (χ0) is 20.8. The molecule has 1 heterocycles. The lowest BCUT2D eigenvalue weighted by molar-refractivity contribution is 0.102. The number of anilines is 2. The van der Waals surface area contributed by atoms with Crippen LogP contribution in [-0.4, -0.2) is 16.8 Å². The maximum atomic E-state index is 12.7. The molecular weight excluding hydrogens is 362 g/mol. The Balaban J connectivity index is 1.79. The Kier molecular flexibility index (Phi) is 6.39. The number of aromatic nitrogens is 1. The number of para-hydroxylation sites is 2. The lowest BCUT2D eigenvalue weighted by Gasteiger charge is -2.14. The summed E-state index contributed by atoms with van der Waals surface area (Å²) in [5.74, 6) is -0.346. The van der Waals surface area contributed by atoms with E-state index in [1.807, 2.05) is 55.5 Å². The number of pyridine rings is 1. The highest BCUT2D eigenvalue weighted by atomic mass is 16.2. The van der Waals surface area contributed by atoms with Gasteiger partial charge in [0.15, 0.2) is 0 Å². The van der Waals surface area contributed by atoms with Gasteiger partial charge in [-0.05, 0) is 47.7 Å². The van der Waals surface area contributed by atoms with Gasteiger partial charge in [-0.3, -0.25) is 14.6 Å². The van der Waals surface area contributed by atoms with E-state index >= 15 is 0 Å². The Bertz CT molecular complexity index is 1030. The normalized spacial score (nSPS) is 10.6. The van der Waals surface area contributed by atoms with Crippen LogP contribution in [0.1, 0.15) is 58.7 Å². The summed E-state index contributed by atoms with van der Waals surface area (Å²) in [7, 11) is 0. The van der Waals surface area contributed by atoms with Crippen molar-refractivity contribution in [1.29, 1.82) is 0 Å². The van der Waals surface area contributed by atoms with E-state index in [4.69, 9.17) is 0 Å². The summed E-state index contributed by atoms with van der Waals surface area (Å²) in [6, 6.07) is 18.5. The summed E-state index contributed by atoms with van der Waals surface area (Å²) in [6.07, 6.45) is 2.29. The zero-order valence-electron chi connectivity index (χ0n) is 16.9. The molecule has 2 N–H and O–H groups in total. The van der Waals surface area contributed by atoms with Crippen molar-refractivity contribution in [3.63, 3.8) is 0 Å². The van der Waals surface area contributed by atoms with Gasteiger partial charge in [0.25, 0.3) is 11.8 Å². The van der Waals surface area contributed by atoms with Crippen molar-refractivity contribution in [3.8, 4) is 0 Å². The first kappa shape index (κ1) is 20.3. The van der Waals surface area contributed by atoms with E-state index in [9.17, 15) is 9.59 Å². The highest BCUT2D eigenvalue weighted by molar-refractivity contribution is 6.08. The molecule has 29 heavy (non-hydrogen) atoms. The van der Waals surface area contributed by atoms with Crippen LogP contribution in [0, 0.1) is 0 Å². The van der Waals surface area contributed by atoms with Gasteiger partial charge < -0.3 is 10.6 Å². The third-order valence-electron chi connectivity index (χ3n) is 4.73. The number of hydrogen-bond acceptors (Lipinski definition) is 3. The number of hydrogen-bond donors (Lipinski definition) is 2. The molecule has 2 amide bonds. The number of aryl methyl sites for hydroxylation is 1. The van der Waals surface area contributed by atoms with Crippen molar-refractivity contribution in [2.75, 3.05) is 10.6 Å². The number of nitrogens with zero attached hydrogens (tertiary/aromatic N) is 1. The molecule has 5 nitrogen and oxygen atoms in total. The van der Waals surface area contributed by atoms with E-state index in [0.717, 1.165) is 28.9 Å². The van der Waals surface area contributed by atoms with Gasteiger partial charge in [-0.25, -0.2) is 0 Å². The standard InChI is InChI=1S/C24H25N3O2/c1-4-17-9-5-7-11-20(17)26-23(28)18-13-14-25-22(15-18)24(29)27-21-12-8-6-10-19(21)16(2)3/h5-16H,4H2,1-3H3,(H,26,28)(H,27,29). The molecule has 5 heteroatoms. The molecule has 0 saturated carbocycles. The molecule has 148 valence electrons. The monoisotopic (exact) mass is 387 g/mol. The molecule has 0 aliphatic rings. The van der Waals surface area contributed by atoms with Crippen molar-refractivity contribution in [2.45, 2.75) is 33.1 Å². The number of nitrogens with one attached hydrogen (secondary N) is 2. The van der Waals surface area contributed by atoms with Crippen LogP contribution in [0.3, 0.4) is 0 Å². The van der Waals surface area contributed by atoms with Crippen LogP contribution >= 0.6 is 0 Å². The molecule has 0 bridgehead atoms. The minimum absolute atomic E-state index is 0.194. The van der Waals surface area contributed by atoms with Crippen LogP contribution in [0.5, 0.6) is 0 Å². The molecule has 0 aliphatic carbocycles. The topological polar surface area (TPSA) is 71.1 Å². The Morgan fingerprint density at radius 2 is 1.55 bits per heavy atom. The van der Waals surface area contributed by atoms with Crippen molar-refractivity contribution in [1.82, 2.24) is 4.98 Å². The number of benzene rings is 2. The van der Waals surface area contributed by atoms with E-state index in [2.05, 4.69) is 29.5 Å². The smallest absolute Gasteiger partial charge is 0.274 e. The van der Waals surface area contributed by atoms with Gasteiger partial charge in [-0.1, -0.05) is 57.2 Å². The lowest BCUT2D eigenvalue weighted by Crippen LogP contribution is -2.18. The number of carbonyl (C=O) groups excluding carboxylic acids is 2. The molecule has 0 atom stereocenters. The Morgan fingerprint density at radius 1 is 0.897 bits per heavy atom. The maximum absolute atomic E-state index is 12.7. The summed E-state index contributed by atoms with van der Waals surface area (Å²) in [4.78, 5) is 29.5. The molecule has 0 saturated heterocycles. The number of rotatable bonds is 6. The first-order valence-corrected chi connectivity index (χ1v) is 9.75. The largest absolute Gasteiger partial charge is 0.322 e. The van der Waals surface area contributed by atoms with Crippen LogP contribution < -0.4 is 10.6 Å². The summed E-state index contributed by atoms with van der Waals surface area (Å²) in [6.45, 7) is 6.18. The molecule has 3 aromatic rings. The van der Waals surface area contributed by atoms with Crippen molar-refractivity contribution in [3.05, 3.63) is 89.2 Å². The second-order valence-electron chi connectivity index (χ2n) is 7.09. The Labute approximate surface area is 171 Å². The van der Waals surface area contributed by atoms with E-state index in [1.54, 1.807) is 6.07 Å². The molecule has 0 fully saturated rings. The summed E-state index contributed by atoms with van der Waals surface area (Å²) < 4.78 is 0. The van der Waals surface area contributed by atoms with Gasteiger partial charge >= 0.3 is 0 Å². The molecular formula is C24H25N3O2. The first-order chi connectivity index (χ1) is 14.0. The SMILES string of the molecule is CCc1ccccc1NC(=O)c1ccnc(C(=O)Nc2ccccc2C(C)C)c1. The third-order valence-corrected chi connectivity index (χ3v) is 4.73. The molecule has 0 spiro atoms. The van der Waals surface area contributed by atoms with Gasteiger partial charge in [-0.2, -0.15) is 0 Å². The Hall–Kier alpha value is -3.47. The van der Waals surface area contributed by atoms with Gasteiger partial charge in [0.2, 0.25) is 0 Å². The van der Waals surface area contributed by atoms with Crippen molar-refractivity contribution in [2.24, 2.45) is 0 Å². The van der Waals surface area contributed by atoms with Gasteiger partial charge in [0.05, 0.1) is 0 Å². The minimum Gasteiger partial charge on any atom is -0.322 e. The van der Waals surface area contributed by atoms with Crippen LogP contribution in [-0.2, 0) is 6.42 Å². The highest BCUT2D eigenvalue weighted by Crippen LogP contribution is 2.24. The van der Waals surface area contributed by atoms with Crippen LogP contribution in [0.25, 0.3) is 0 Å². The zero-order valence-corrected chi connectivity index (χ0v) is 16.9. The van der Waals surface area contributed by atoms with Gasteiger partial charge in [-0.15, -0.1) is 0 Å². The minimum atomic E-state index is -0.346. The average Bonchev–Trinajstić information content (AvgIpc) is 2.74. The summed E-state index contributed by atoms with van der Waals surface area (Å²) in [5.41, 5.74) is 4.20. The van der Waals surface area contributed by atoms with Crippen molar-refractivity contribution < 1.29 is 9.59 Å². The fourth-order valence-corrected chi connectivity index (χ4v) is 3.14. The molecule has 0 radical (unpaired) electrons. The second kappa shape index (κ2) is 9.15. The van der Waals surface area contributed by atoms with E-state index < -0.39 is 0 Å². The first-order valence-electron chi connectivity index (χ1n) is 9.75. The highest BCUT2D eigenvalue weighted by Gasteiger charge is 2.15. The van der Waals surface area contributed by atoms with Crippen LogP contribution in [0.2, 0.25) is 0 Å². The maximum Gasteiger partial charge on any atom is 0.274 e. The molecule has 0 aliphatic heterocycles. The second-order valence-corrected chi connectivity index (χ2v) is 7.09. The van der Waals surface area contributed by atoms with Gasteiger partial charge in [0, 0.05) is 23.1 Å². The number of amides is 2. The number of carbonyl (C=O) groups is 2. The molecule has 0 unspecified atom stereocenters. The van der Waals surface area contributed by atoms with Crippen molar-refractivity contribution >= 4 is 23.2 Å². The average molecular weight is 387 g/mol. The summed E-state index contributed by atoms with van der Waals surface area (Å²) >= 11 is 0. The predicted octanol–water partition coefficient (Wildman–Crippen LogP) is 5.27. The lowest BCUT2D eigenvalue weighted by atomic mass is 10.0. The van der Waals surface area contributed by atoms with E-state index in [-0.39, 0.29) is 23.4 Å². The fraction of sp³-hybridized carbons (Fsp3) is 0.208. The van der Waals surface area contributed by atoms with Crippen LogP contribution in [0.4, 0.5) is 11.4 Å². The van der Waals surface area contributed by atoms with E-state index in [1.165, 1.54) is 12.3 Å². The fourth-order valence-electron chi connectivity index (χ4n) is 3.14. The van der Waals surface area contributed by atoms with E-state index in [0.29, 0.717) is 5.56 Å². The quantitative estimate of drug-likeness (QED) is 0.605. The third kappa shape index (κ3) is 4.88. The van der Waals surface area contributed by atoms with Crippen LogP contribution in [0.15, 0.2) is 66.9 Å².